The second-order valence-corrected chi connectivity index (χ2v) is 14.0. The van der Waals surface area contributed by atoms with Crippen LogP contribution in [0.1, 0.15) is 0 Å². The van der Waals surface area contributed by atoms with Crippen molar-refractivity contribution in [1.29, 1.82) is 0 Å². The van der Waals surface area contributed by atoms with Crippen LogP contribution in [0.4, 0.5) is 0 Å². The molecule has 3 aromatic heterocycles. The van der Waals surface area contributed by atoms with Gasteiger partial charge in [-0.3, -0.25) is 0 Å². The van der Waals surface area contributed by atoms with Crippen LogP contribution in [0.3, 0.4) is 0 Å². The molecule has 0 spiro atoms. The SMILES string of the molecule is c1ccc(-c2ccc(-c3nc(-c4ccccc4)nc(-c4ccc(-c5ccccc5)c5c4oc4ccccc45)n3)c(-n3c4ccccc4c4ccccc43)c2)cc1. The minimum absolute atomic E-state index is 0.540. The number of aromatic nitrogens is 4. The van der Waals surface area contributed by atoms with Crippen molar-refractivity contribution in [3.05, 3.63) is 194 Å². The van der Waals surface area contributed by atoms with Gasteiger partial charge in [-0.15, -0.1) is 0 Å². The molecular formula is C51H32N4O. The third-order valence-corrected chi connectivity index (χ3v) is 10.7. The molecule has 0 fully saturated rings. The Hall–Kier alpha value is -7.63. The van der Waals surface area contributed by atoms with Crippen LogP contribution >= 0.6 is 0 Å². The maximum atomic E-state index is 6.73. The molecule has 5 heteroatoms. The molecule has 0 aliphatic carbocycles. The van der Waals surface area contributed by atoms with Crippen LogP contribution < -0.4 is 0 Å². The number of fused-ring (bicyclic) bond motifs is 6. The summed E-state index contributed by atoms with van der Waals surface area (Å²) in [7, 11) is 0. The Morgan fingerprint density at radius 2 is 0.857 bits per heavy atom. The van der Waals surface area contributed by atoms with Crippen molar-refractivity contribution in [1.82, 2.24) is 19.5 Å². The van der Waals surface area contributed by atoms with Gasteiger partial charge in [0.25, 0.3) is 0 Å². The van der Waals surface area contributed by atoms with Gasteiger partial charge in [0.2, 0.25) is 0 Å². The summed E-state index contributed by atoms with van der Waals surface area (Å²) in [6.45, 7) is 0. The summed E-state index contributed by atoms with van der Waals surface area (Å²) in [5.41, 5.74) is 11.8. The van der Waals surface area contributed by atoms with Gasteiger partial charge >= 0.3 is 0 Å². The molecular weight excluding hydrogens is 685 g/mol. The third-order valence-electron chi connectivity index (χ3n) is 10.7. The normalized spacial score (nSPS) is 11.6. The fourth-order valence-electron chi connectivity index (χ4n) is 8.09. The van der Waals surface area contributed by atoms with Crippen molar-refractivity contribution in [2.24, 2.45) is 0 Å². The molecule has 0 aliphatic heterocycles. The molecule has 0 unspecified atom stereocenters. The monoisotopic (exact) mass is 716 g/mol. The standard InChI is InChI=1S/C51H32N4O/c1-4-16-33(17-5-1)36-28-29-40(45(32-36)55-43-25-13-10-22-38(43)39-23-11-14-26-44(39)55)50-52-49(35-20-8-3-9-21-35)53-51(54-50)42-31-30-37(34-18-6-2-7-19-34)47-41-24-12-15-27-46(41)56-48(42)47/h1-32H. The summed E-state index contributed by atoms with van der Waals surface area (Å²) in [5.74, 6) is 1.70. The molecule has 0 bridgehead atoms. The van der Waals surface area contributed by atoms with Crippen molar-refractivity contribution in [3.63, 3.8) is 0 Å². The van der Waals surface area contributed by atoms with E-state index in [1.807, 2.05) is 48.5 Å². The highest BCUT2D eigenvalue weighted by Crippen LogP contribution is 2.43. The van der Waals surface area contributed by atoms with Crippen LogP contribution in [-0.4, -0.2) is 19.5 Å². The molecule has 8 aromatic carbocycles. The zero-order valence-electron chi connectivity index (χ0n) is 30.2. The minimum atomic E-state index is 0.540. The summed E-state index contributed by atoms with van der Waals surface area (Å²) in [4.78, 5) is 15.8. The van der Waals surface area contributed by atoms with Gasteiger partial charge in [-0.2, -0.15) is 0 Å². The maximum Gasteiger partial charge on any atom is 0.167 e. The number of rotatable bonds is 6. The topological polar surface area (TPSA) is 56.7 Å². The van der Waals surface area contributed by atoms with Gasteiger partial charge in [0, 0.05) is 32.7 Å². The molecule has 3 heterocycles. The van der Waals surface area contributed by atoms with E-state index in [1.165, 1.54) is 10.8 Å². The first kappa shape index (κ1) is 31.9. The number of hydrogen-bond acceptors (Lipinski definition) is 4. The predicted molar refractivity (Wildman–Crippen MR) is 229 cm³/mol. The molecule has 0 amide bonds. The number of hydrogen-bond donors (Lipinski definition) is 0. The lowest BCUT2D eigenvalue weighted by molar-refractivity contribution is 0.669. The third kappa shape index (κ3) is 5.21. The molecule has 262 valence electrons. The van der Waals surface area contributed by atoms with Gasteiger partial charge in [0.15, 0.2) is 17.5 Å². The number of para-hydroxylation sites is 3. The summed E-state index contributed by atoms with van der Waals surface area (Å²) < 4.78 is 9.08. The molecule has 11 aromatic rings. The van der Waals surface area contributed by atoms with Crippen LogP contribution in [0.25, 0.3) is 106 Å². The highest BCUT2D eigenvalue weighted by atomic mass is 16.3. The maximum absolute atomic E-state index is 6.73. The van der Waals surface area contributed by atoms with E-state index in [-0.39, 0.29) is 0 Å². The molecule has 0 aliphatic rings. The van der Waals surface area contributed by atoms with Gasteiger partial charge in [-0.1, -0.05) is 158 Å². The smallest absolute Gasteiger partial charge is 0.167 e. The van der Waals surface area contributed by atoms with E-state index in [9.17, 15) is 0 Å². The lowest BCUT2D eigenvalue weighted by Gasteiger charge is -2.16. The number of furan rings is 1. The molecule has 0 atom stereocenters. The summed E-state index contributed by atoms with van der Waals surface area (Å²) in [6.07, 6.45) is 0. The van der Waals surface area contributed by atoms with Crippen molar-refractivity contribution >= 4 is 43.7 Å². The number of nitrogens with zero attached hydrogens (tertiary/aromatic N) is 4. The quantitative estimate of drug-likeness (QED) is 0.172. The van der Waals surface area contributed by atoms with Gasteiger partial charge in [0.05, 0.1) is 22.3 Å². The van der Waals surface area contributed by atoms with E-state index in [2.05, 4.69) is 150 Å². The Labute approximate surface area is 322 Å². The number of benzene rings is 8. The molecule has 0 saturated heterocycles. The Balaban J connectivity index is 1.21. The van der Waals surface area contributed by atoms with Crippen LogP contribution in [-0.2, 0) is 0 Å². The summed E-state index contributed by atoms with van der Waals surface area (Å²) in [5, 5.41) is 4.45. The zero-order valence-corrected chi connectivity index (χ0v) is 30.2. The van der Waals surface area contributed by atoms with E-state index < -0.39 is 0 Å². The fourth-order valence-corrected chi connectivity index (χ4v) is 8.09. The van der Waals surface area contributed by atoms with Crippen LogP contribution in [0.5, 0.6) is 0 Å². The van der Waals surface area contributed by atoms with E-state index in [1.54, 1.807) is 0 Å². The van der Waals surface area contributed by atoms with E-state index in [0.29, 0.717) is 17.5 Å². The van der Waals surface area contributed by atoms with E-state index >= 15 is 0 Å². The van der Waals surface area contributed by atoms with E-state index in [4.69, 9.17) is 19.4 Å². The average molecular weight is 717 g/mol. The molecule has 11 rings (SSSR count). The van der Waals surface area contributed by atoms with Crippen LogP contribution in [0.2, 0.25) is 0 Å². The van der Waals surface area contributed by atoms with E-state index in [0.717, 1.165) is 77.6 Å². The fraction of sp³-hybridized carbons (Fsp3) is 0. The first-order valence-corrected chi connectivity index (χ1v) is 18.8. The first-order valence-electron chi connectivity index (χ1n) is 18.8. The Morgan fingerprint density at radius 1 is 0.357 bits per heavy atom. The second kappa shape index (κ2) is 13.0. The van der Waals surface area contributed by atoms with Gasteiger partial charge < -0.3 is 8.98 Å². The van der Waals surface area contributed by atoms with Crippen LogP contribution in [0, 0.1) is 0 Å². The highest BCUT2D eigenvalue weighted by Gasteiger charge is 2.23. The molecule has 0 saturated carbocycles. The lowest BCUT2D eigenvalue weighted by atomic mass is 9.97. The molecule has 5 nitrogen and oxygen atoms in total. The largest absolute Gasteiger partial charge is 0.455 e. The highest BCUT2D eigenvalue weighted by molar-refractivity contribution is 6.16. The van der Waals surface area contributed by atoms with Gasteiger partial charge in [-0.25, -0.2) is 15.0 Å². The van der Waals surface area contributed by atoms with Gasteiger partial charge in [0.1, 0.15) is 11.2 Å². The van der Waals surface area contributed by atoms with Crippen molar-refractivity contribution in [2.75, 3.05) is 0 Å². The summed E-state index contributed by atoms with van der Waals surface area (Å²) in [6, 6.07) is 67.3. The second-order valence-electron chi connectivity index (χ2n) is 14.0. The van der Waals surface area contributed by atoms with Crippen molar-refractivity contribution in [2.45, 2.75) is 0 Å². The average Bonchev–Trinajstić information content (AvgIpc) is 3.83. The molecule has 56 heavy (non-hydrogen) atoms. The lowest BCUT2D eigenvalue weighted by Crippen LogP contribution is -2.04. The molecule has 0 N–H and O–H groups in total. The Bertz CT molecular complexity index is 3190. The first-order chi connectivity index (χ1) is 27.8. The zero-order chi connectivity index (χ0) is 37.0. The minimum Gasteiger partial charge on any atom is -0.455 e. The molecule has 0 radical (unpaired) electrons. The van der Waals surface area contributed by atoms with Crippen LogP contribution in [0.15, 0.2) is 199 Å². The van der Waals surface area contributed by atoms with Gasteiger partial charge in [-0.05, 0) is 58.7 Å². The summed E-state index contributed by atoms with van der Waals surface area (Å²) >= 11 is 0. The van der Waals surface area contributed by atoms with Crippen molar-refractivity contribution in [3.8, 4) is 62.1 Å². The Kier molecular flexibility index (Phi) is 7.42. The Morgan fingerprint density at radius 3 is 1.54 bits per heavy atom. The van der Waals surface area contributed by atoms with Crippen molar-refractivity contribution < 1.29 is 4.42 Å². The predicted octanol–water partition coefficient (Wildman–Crippen LogP) is 13.2.